The number of hydrogen-bond acceptors (Lipinski definition) is 9. The van der Waals surface area contributed by atoms with E-state index in [0.717, 1.165) is 57.6 Å². The zero-order chi connectivity index (χ0) is 25.4. The first kappa shape index (κ1) is 24.6. The Morgan fingerprint density at radius 3 is 2.81 bits per heavy atom. The van der Waals surface area contributed by atoms with Crippen molar-refractivity contribution < 1.29 is 8.78 Å². The molecule has 0 bridgehead atoms. The third-order valence-corrected chi connectivity index (χ3v) is 8.54. The summed E-state index contributed by atoms with van der Waals surface area (Å²) in [5.41, 5.74) is 3.85. The first-order chi connectivity index (χ1) is 17.9. The molecule has 1 saturated carbocycles. The Bertz CT molecular complexity index is 1290. The monoisotopic (exact) mass is 526 g/mol. The number of pyridine rings is 2. The van der Waals surface area contributed by atoms with Crippen molar-refractivity contribution in [2.24, 2.45) is 0 Å². The Morgan fingerprint density at radius 1 is 1.14 bits per heavy atom. The average molecular weight is 527 g/mol. The molecule has 1 N–H and O–H groups in total. The second-order valence-electron chi connectivity index (χ2n) is 10.4. The topological polar surface area (TPSA) is 73.3 Å². The van der Waals surface area contributed by atoms with Crippen LogP contribution in [0, 0.1) is 0 Å². The maximum absolute atomic E-state index is 13.4. The number of aromatic nitrogens is 4. The number of likely N-dealkylation sites (tertiary alicyclic amines) is 1. The van der Waals surface area contributed by atoms with Crippen molar-refractivity contribution in [3.05, 3.63) is 41.2 Å². The minimum absolute atomic E-state index is 0.0247. The van der Waals surface area contributed by atoms with Gasteiger partial charge in [0.2, 0.25) is 5.13 Å². The summed E-state index contributed by atoms with van der Waals surface area (Å²) in [4.78, 5) is 11.3. The van der Waals surface area contributed by atoms with Gasteiger partial charge in [0.05, 0.1) is 17.6 Å². The summed E-state index contributed by atoms with van der Waals surface area (Å²) < 4.78 is 26.9. The van der Waals surface area contributed by atoms with Crippen molar-refractivity contribution in [1.29, 1.82) is 0 Å². The molecule has 37 heavy (non-hydrogen) atoms. The molecular formula is C26H32F2N8S. The summed E-state index contributed by atoms with van der Waals surface area (Å²) >= 11 is 1.62. The van der Waals surface area contributed by atoms with Gasteiger partial charge >= 0.3 is 0 Å². The second kappa shape index (κ2) is 10.2. The molecular weight excluding hydrogens is 494 g/mol. The highest BCUT2D eigenvalue weighted by molar-refractivity contribution is 7.15. The maximum atomic E-state index is 13.4. The van der Waals surface area contributed by atoms with Gasteiger partial charge in [0.15, 0.2) is 0 Å². The number of likely N-dealkylation sites (N-methyl/N-ethyl adjacent to an activating group) is 1. The van der Waals surface area contributed by atoms with Gasteiger partial charge in [-0.3, -0.25) is 9.88 Å². The molecule has 0 aromatic carbocycles. The highest BCUT2D eigenvalue weighted by Gasteiger charge is 2.37. The van der Waals surface area contributed by atoms with Gasteiger partial charge in [-0.15, -0.1) is 10.2 Å². The molecule has 196 valence electrons. The van der Waals surface area contributed by atoms with E-state index < -0.39 is 5.92 Å². The van der Waals surface area contributed by atoms with Crippen LogP contribution in [0.25, 0.3) is 16.6 Å². The molecule has 1 saturated heterocycles. The predicted octanol–water partition coefficient (Wildman–Crippen LogP) is 5.12. The van der Waals surface area contributed by atoms with Gasteiger partial charge in [0.25, 0.3) is 5.92 Å². The van der Waals surface area contributed by atoms with E-state index in [2.05, 4.69) is 42.8 Å². The van der Waals surface area contributed by atoms with Crippen molar-refractivity contribution >= 4 is 38.9 Å². The number of alkyl halides is 2. The third-order valence-electron chi connectivity index (χ3n) is 7.54. The van der Waals surface area contributed by atoms with E-state index in [9.17, 15) is 8.78 Å². The van der Waals surface area contributed by atoms with Crippen LogP contribution < -0.4 is 5.32 Å². The van der Waals surface area contributed by atoms with Crippen molar-refractivity contribution in [1.82, 2.24) is 35.1 Å². The predicted molar refractivity (Wildman–Crippen MR) is 142 cm³/mol. The largest absolute Gasteiger partial charge is 0.315 e. The molecule has 3 aliphatic rings. The molecule has 8 nitrogen and oxygen atoms in total. The van der Waals surface area contributed by atoms with Crippen LogP contribution in [0.5, 0.6) is 0 Å². The number of anilines is 2. The number of nitrogens with one attached hydrogen (secondary N) is 1. The van der Waals surface area contributed by atoms with E-state index in [1.54, 1.807) is 11.3 Å². The summed E-state index contributed by atoms with van der Waals surface area (Å²) in [7, 11) is 2.05. The number of hydrogen-bond donors (Lipinski definition) is 1. The summed E-state index contributed by atoms with van der Waals surface area (Å²) in [6, 6.07) is 5.97. The molecule has 0 unspecified atom stereocenters. The Labute approximate surface area is 219 Å². The molecule has 11 heteroatoms. The average Bonchev–Trinajstić information content (AvgIpc) is 3.67. The Morgan fingerprint density at radius 2 is 2.00 bits per heavy atom. The Hall–Kier alpha value is -2.76. The third kappa shape index (κ3) is 5.58. The number of hydrazine groups is 1. The molecule has 0 amide bonds. The van der Waals surface area contributed by atoms with Crippen LogP contribution in [-0.4, -0.2) is 80.8 Å². The fourth-order valence-corrected chi connectivity index (χ4v) is 6.42. The number of rotatable bonds is 8. The molecule has 0 spiro atoms. The fourth-order valence-electron chi connectivity index (χ4n) is 5.50. The van der Waals surface area contributed by atoms with Gasteiger partial charge in [-0.1, -0.05) is 24.2 Å². The number of nitrogens with zero attached hydrogens (tertiary/aromatic N) is 7. The van der Waals surface area contributed by atoms with Crippen LogP contribution in [0.1, 0.15) is 55.0 Å². The van der Waals surface area contributed by atoms with Crippen LogP contribution in [0.15, 0.2) is 30.6 Å². The van der Waals surface area contributed by atoms with Gasteiger partial charge in [-0.2, -0.15) is 0 Å². The number of fused-ring (bicyclic) bond motifs is 1. The smallest absolute Gasteiger partial charge is 0.261 e. The zero-order valence-electron chi connectivity index (χ0n) is 21.0. The van der Waals surface area contributed by atoms with E-state index in [1.807, 2.05) is 30.3 Å². The lowest BCUT2D eigenvalue weighted by atomic mass is 10.1. The molecule has 2 aliphatic heterocycles. The van der Waals surface area contributed by atoms with Gasteiger partial charge in [-0.25, -0.2) is 18.8 Å². The van der Waals surface area contributed by atoms with Crippen LogP contribution >= 0.6 is 11.3 Å². The Kier molecular flexibility index (Phi) is 6.76. The van der Waals surface area contributed by atoms with Crippen molar-refractivity contribution in [3.8, 4) is 0 Å². The van der Waals surface area contributed by atoms with E-state index in [0.29, 0.717) is 19.0 Å². The Balaban J connectivity index is 1.11. The summed E-state index contributed by atoms with van der Waals surface area (Å²) in [6.07, 6.45) is 9.81. The molecule has 1 aliphatic carbocycles. The molecule has 3 aromatic heterocycles. The number of halogens is 2. The van der Waals surface area contributed by atoms with Crippen LogP contribution in [-0.2, 0) is 0 Å². The van der Waals surface area contributed by atoms with Crippen LogP contribution in [0.3, 0.4) is 0 Å². The second-order valence-corrected chi connectivity index (χ2v) is 11.4. The molecule has 3 aromatic rings. The minimum Gasteiger partial charge on any atom is -0.315 e. The molecule has 0 radical (unpaired) electrons. The van der Waals surface area contributed by atoms with E-state index in [-0.39, 0.29) is 13.0 Å². The fraction of sp³-hybridized carbons (Fsp3) is 0.538. The normalized spacial score (nSPS) is 20.8. The minimum atomic E-state index is -2.53. The van der Waals surface area contributed by atoms with Crippen LogP contribution in [0.2, 0.25) is 0 Å². The lowest BCUT2D eigenvalue weighted by Gasteiger charge is -2.26. The summed E-state index contributed by atoms with van der Waals surface area (Å²) in [6.45, 7) is 2.62. The molecule has 6 rings (SSSR count). The van der Waals surface area contributed by atoms with Gasteiger partial charge in [0.1, 0.15) is 10.8 Å². The molecule has 2 fully saturated rings. The van der Waals surface area contributed by atoms with Gasteiger partial charge < -0.3 is 10.3 Å². The van der Waals surface area contributed by atoms with Gasteiger partial charge in [0, 0.05) is 63.5 Å². The highest BCUT2D eigenvalue weighted by atomic mass is 32.1. The summed E-state index contributed by atoms with van der Waals surface area (Å²) in [5.74, 6) is -1.25. The maximum Gasteiger partial charge on any atom is 0.261 e. The lowest BCUT2D eigenvalue weighted by molar-refractivity contribution is 0.0113. The van der Waals surface area contributed by atoms with Crippen molar-refractivity contribution in [2.45, 2.75) is 50.4 Å². The van der Waals surface area contributed by atoms with E-state index in [4.69, 9.17) is 4.98 Å². The van der Waals surface area contributed by atoms with Gasteiger partial charge in [-0.05, 0) is 43.0 Å². The first-order valence-corrected chi connectivity index (χ1v) is 13.9. The summed E-state index contributed by atoms with van der Waals surface area (Å²) in [5, 5.41) is 18.3. The van der Waals surface area contributed by atoms with E-state index in [1.165, 1.54) is 25.7 Å². The SMILES string of the molecule is CN1CC(c2cnc3ccc(Nc4nnc(C5CCCC5)s4)nc3c2)=CN1CCCN1CCC(F)(F)C1. The molecule has 0 atom stereocenters. The quantitative estimate of drug-likeness (QED) is 0.434. The van der Waals surface area contributed by atoms with Crippen molar-refractivity contribution in [3.63, 3.8) is 0 Å². The lowest BCUT2D eigenvalue weighted by Crippen LogP contribution is -2.34. The molecule has 5 heterocycles. The van der Waals surface area contributed by atoms with Crippen LogP contribution in [0.4, 0.5) is 19.7 Å². The van der Waals surface area contributed by atoms with E-state index >= 15 is 0 Å². The zero-order valence-corrected chi connectivity index (χ0v) is 21.9. The highest BCUT2D eigenvalue weighted by Crippen LogP contribution is 2.37. The van der Waals surface area contributed by atoms with Crippen molar-refractivity contribution in [2.75, 3.05) is 45.1 Å². The standard InChI is InChI=1S/C26H32F2N8S/c1-34-15-20(16-36(34)11-4-10-35-12-9-26(27,28)17-35)19-13-22-21(29-14-19)7-8-23(30-22)31-25-33-32-24(37-25)18-5-2-3-6-18/h7-8,13-14,16,18H,2-6,9-12,15,17H2,1H3,(H,30,31,33). The first-order valence-electron chi connectivity index (χ1n) is 13.1.